The highest BCUT2D eigenvalue weighted by molar-refractivity contribution is 5.70. The number of nitrogens with zero attached hydrogens (tertiary/aromatic N) is 7. The van der Waals surface area contributed by atoms with Crippen LogP contribution in [0.5, 0.6) is 0 Å². The highest BCUT2D eigenvalue weighted by Gasteiger charge is 2.15. The molecule has 0 bridgehead atoms. The van der Waals surface area contributed by atoms with Gasteiger partial charge in [-0.25, -0.2) is 4.98 Å². The van der Waals surface area contributed by atoms with Crippen LogP contribution in [0.25, 0.3) is 28.2 Å². The maximum Gasteiger partial charge on any atom is 0.284 e. The lowest BCUT2D eigenvalue weighted by Crippen LogP contribution is -2.21. The van der Waals surface area contributed by atoms with Crippen molar-refractivity contribution < 1.29 is 4.52 Å². The molecule has 0 fully saturated rings. The van der Waals surface area contributed by atoms with Crippen LogP contribution in [0.15, 0.2) is 64.2 Å². The molecule has 0 N–H and O–H groups in total. The van der Waals surface area contributed by atoms with Gasteiger partial charge >= 0.3 is 0 Å². The maximum absolute atomic E-state index is 12.9. The molecular weight excluding hydrogens is 394 g/mol. The third-order valence-corrected chi connectivity index (χ3v) is 5.10. The molecule has 0 spiro atoms. The van der Waals surface area contributed by atoms with E-state index in [0.29, 0.717) is 17.4 Å². The van der Waals surface area contributed by atoms with Crippen LogP contribution >= 0.6 is 0 Å². The first-order valence-corrected chi connectivity index (χ1v) is 9.92. The molecule has 2 aromatic carbocycles. The fraction of sp³-hybridized carbons (Fsp3) is 0.182. The largest absolute Gasteiger partial charge is 0.337 e. The second kappa shape index (κ2) is 7.60. The molecule has 5 aromatic rings. The number of benzene rings is 2. The Labute approximate surface area is 177 Å². The van der Waals surface area contributed by atoms with Crippen molar-refractivity contribution in [3.05, 3.63) is 82.2 Å². The van der Waals surface area contributed by atoms with Crippen LogP contribution in [0.1, 0.15) is 23.9 Å². The molecule has 0 saturated carbocycles. The van der Waals surface area contributed by atoms with Gasteiger partial charge in [0.05, 0.1) is 5.69 Å². The molecule has 0 atom stereocenters. The van der Waals surface area contributed by atoms with E-state index in [1.807, 2.05) is 55.5 Å². The molecule has 0 aliphatic heterocycles. The first-order chi connectivity index (χ1) is 15.1. The number of aryl methyl sites for hydroxylation is 2. The normalized spacial score (nSPS) is 11.3. The molecule has 3 heterocycles. The van der Waals surface area contributed by atoms with Gasteiger partial charge in [-0.1, -0.05) is 59.3 Å². The summed E-state index contributed by atoms with van der Waals surface area (Å²) in [6.07, 6.45) is 2.39. The van der Waals surface area contributed by atoms with E-state index in [1.165, 1.54) is 16.5 Å². The van der Waals surface area contributed by atoms with Gasteiger partial charge < -0.3 is 4.52 Å². The quantitative estimate of drug-likeness (QED) is 0.436. The Hall–Kier alpha value is -4.14. The number of aromatic nitrogens is 7. The third-order valence-electron chi connectivity index (χ3n) is 5.10. The van der Waals surface area contributed by atoms with Gasteiger partial charge in [-0.05, 0) is 31.0 Å². The van der Waals surface area contributed by atoms with Gasteiger partial charge in [0.15, 0.2) is 11.2 Å². The number of hydrogen-bond donors (Lipinski definition) is 0. The summed E-state index contributed by atoms with van der Waals surface area (Å²) in [5, 5.41) is 12.2. The van der Waals surface area contributed by atoms with Gasteiger partial charge in [-0.3, -0.25) is 9.36 Å². The number of hydrogen-bond acceptors (Lipinski definition) is 7. The average Bonchev–Trinajstić information content (AvgIpc) is 3.44. The lowest BCUT2D eigenvalue weighted by atomic mass is 10.1. The van der Waals surface area contributed by atoms with Crippen molar-refractivity contribution in [1.82, 2.24) is 34.7 Å². The summed E-state index contributed by atoms with van der Waals surface area (Å²) in [5.41, 5.74) is 4.26. The van der Waals surface area contributed by atoms with Gasteiger partial charge in [0.1, 0.15) is 12.9 Å². The molecule has 3 aromatic heterocycles. The summed E-state index contributed by atoms with van der Waals surface area (Å²) in [6.45, 7) is 4.20. The maximum atomic E-state index is 12.9. The standard InChI is InChI=1S/C22H19N7O2/c1-3-15-6-10-17(11-7-15)29-21-19(25-27-29)22(30)28(13-23-21)12-18-24-20(26-31-18)16-8-4-14(2)5-9-16/h4-11,13H,3,12H2,1-2H3. The van der Waals surface area contributed by atoms with Gasteiger partial charge in [0.2, 0.25) is 11.7 Å². The van der Waals surface area contributed by atoms with Crippen molar-refractivity contribution in [2.75, 3.05) is 0 Å². The summed E-state index contributed by atoms with van der Waals surface area (Å²) in [7, 11) is 0. The molecule has 0 aliphatic carbocycles. The fourth-order valence-electron chi connectivity index (χ4n) is 3.29. The van der Waals surface area contributed by atoms with Crippen LogP contribution in [0.4, 0.5) is 0 Å². The zero-order valence-electron chi connectivity index (χ0n) is 17.1. The fourth-order valence-corrected chi connectivity index (χ4v) is 3.29. The Balaban J connectivity index is 1.44. The van der Waals surface area contributed by atoms with Gasteiger partial charge in [-0.2, -0.15) is 9.67 Å². The summed E-state index contributed by atoms with van der Waals surface area (Å²) in [6, 6.07) is 15.7. The third kappa shape index (κ3) is 3.50. The summed E-state index contributed by atoms with van der Waals surface area (Å²) >= 11 is 0. The van der Waals surface area contributed by atoms with Crippen molar-refractivity contribution in [3.8, 4) is 17.1 Å². The zero-order valence-corrected chi connectivity index (χ0v) is 17.1. The minimum atomic E-state index is -0.323. The van der Waals surface area contributed by atoms with Crippen LogP contribution in [-0.4, -0.2) is 34.7 Å². The molecule has 154 valence electrons. The van der Waals surface area contributed by atoms with Crippen molar-refractivity contribution in [3.63, 3.8) is 0 Å². The molecule has 9 heteroatoms. The lowest BCUT2D eigenvalue weighted by molar-refractivity contribution is 0.369. The summed E-state index contributed by atoms with van der Waals surface area (Å²) < 4.78 is 8.27. The molecule has 31 heavy (non-hydrogen) atoms. The predicted molar refractivity (Wildman–Crippen MR) is 114 cm³/mol. The Morgan fingerprint density at radius 3 is 2.55 bits per heavy atom. The molecule has 0 saturated heterocycles. The van der Waals surface area contributed by atoms with E-state index in [-0.39, 0.29) is 17.6 Å². The van der Waals surface area contributed by atoms with Crippen LogP contribution in [0.3, 0.4) is 0 Å². The van der Waals surface area contributed by atoms with Crippen LogP contribution < -0.4 is 5.56 Å². The highest BCUT2D eigenvalue weighted by atomic mass is 16.5. The van der Waals surface area contributed by atoms with Gasteiger partial charge in [0, 0.05) is 5.56 Å². The summed E-state index contributed by atoms with van der Waals surface area (Å²) in [5.74, 6) is 0.778. The van der Waals surface area contributed by atoms with E-state index >= 15 is 0 Å². The van der Waals surface area contributed by atoms with E-state index in [2.05, 4.69) is 32.4 Å². The van der Waals surface area contributed by atoms with Crippen LogP contribution in [-0.2, 0) is 13.0 Å². The second-order valence-electron chi connectivity index (χ2n) is 7.25. The Bertz CT molecular complexity index is 1410. The zero-order chi connectivity index (χ0) is 21.4. The topological polar surface area (TPSA) is 105 Å². The average molecular weight is 413 g/mol. The smallest absolute Gasteiger partial charge is 0.284 e. The van der Waals surface area contributed by atoms with Crippen LogP contribution in [0.2, 0.25) is 0 Å². The number of fused-ring (bicyclic) bond motifs is 1. The monoisotopic (exact) mass is 413 g/mol. The SMILES string of the molecule is CCc1ccc(-n2nnc3c(=O)n(Cc4nc(-c5ccc(C)cc5)no4)cnc32)cc1. The van der Waals surface area contributed by atoms with E-state index < -0.39 is 0 Å². The molecule has 9 nitrogen and oxygen atoms in total. The molecule has 0 amide bonds. The van der Waals surface area contributed by atoms with Crippen LogP contribution in [0, 0.1) is 6.92 Å². The Kier molecular flexibility index (Phi) is 4.62. The predicted octanol–water partition coefficient (Wildman–Crippen LogP) is 2.95. The first-order valence-electron chi connectivity index (χ1n) is 9.92. The Morgan fingerprint density at radius 1 is 1.03 bits per heavy atom. The molecule has 0 aliphatic rings. The van der Waals surface area contributed by atoms with Crippen molar-refractivity contribution in [2.45, 2.75) is 26.8 Å². The van der Waals surface area contributed by atoms with Gasteiger partial charge in [-0.15, -0.1) is 5.10 Å². The highest BCUT2D eigenvalue weighted by Crippen LogP contribution is 2.17. The molecule has 5 rings (SSSR count). The van der Waals surface area contributed by atoms with E-state index in [4.69, 9.17) is 4.52 Å². The molecular formula is C22H19N7O2. The molecule has 0 unspecified atom stereocenters. The minimum absolute atomic E-state index is 0.0959. The lowest BCUT2D eigenvalue weighted by Gasteiger charge is -2.04. The molecule has 0 radical (unpaired) electrons. The Morgan fingerprint density at radius 2 is 1.81 bits per heavy atom. The first kappa shape index (κ1) is 18.9. The van der Waals surface area contributed by atoms with Crippen molar-refractivity contribution in [2.24, 2.45) is 0 Å². The van der Waals surface area contributed by atoms with E-state index in [0.717, 1.165) is 23.2 Å². The number of rotatable bonds is 5. The van der Waals surface area contributed by atoms with Gasteiger partial charge in [0.25, 0.3) is 5.56 Å². The van der Waals surface area contributed by atoms with Crippen molar-refractivity contribution >= 4 is 11.2 Å². The van der Waals surface area contributed by atoms with Crippen molar-refractivity contribution in [1.29, 1.82) is 0 Å². The van der Waals surface area contributed by atoms with E-state index in [1.54, 1.807) is 4.68 Å². The minimum Gasteiger partial charge on any atom is -0.337 e. The summed E-state index contributed by atoms with van der Waals surface area (Å²) in [4.78, 5) is 21.7. The van der Waals surface area contributed by atoms with E-state index in [9.17, 15) is 4.79 Å². The second-order valence-corrected chi connectivity index (χ2v) is 7.25.